The monoisotopic (exact) mass is 312 g/mol. The Balaban J connectivity index is 1.87. The van der Waals surface area contributed by atoms with Gasteiger partial charge in [0.15, 0.2) is 6.04 Å². The molecule has 0 saturated carbocycles. The largest absolute Gasteiger partial charge is 0.335 e. The van der Waals surface area contributed by atoms with Crippen LogP contribution in [0.1, 0.15) is 12.0 Å². The number of amides is 2. The molecule has 1 aromatic carbocycles. The van der Waals surface area contributed by atoms with Crippen LogP contribution in [0.25, 0.3) is 0 Å². The summed E-state index contributed by atoms with van der Waals surface area (Å²) in [4.78, 5) is 24.3. The molecule has 0 aliphatic carbocycles. The van der Waals surface area contributed by atoms with Gasteiger partial charge in [0.2, 0.25) is 15.9 Å². The lowest BCUT2D eigenvalue weighted by Gasteiger charge is -2.08. The van der Waals surface area contributed by atoms with Gasteiger partial charge in [0, 0.05) is 13.5 Å². The van der Waals surface area contributed by atoms with Crippen LogP contribution < -0.4 is 10.5 Å². The fourth-order valence-electron chi connectivity index (χ4n) is 2.27. The van der Waals surface area contributed by atoms with E-state index >= 15 is 0 Å². The molecule has 7 nitrogen and oxygen atoms in total. The number of hydrogen-bond donors (Lipinski definition) is 2. The van der Waals surface area contributed by atoms with Gasteiger partial charge in [0.05, 0.1) is 17.9 Å². The van der Waals surface area contributed by atoms with E-state index in [1.54, 1.807) is 12.1 Å². The molecule has 0 unspecified atom stereocenters. The molecule has 21 heavy (non-hydrogen) atoms. The molecule has 2 amide bonds. The summed E-state index contributed by atoms with van der Waals surface area (Å²) >= 11 is 0. The Hall–Kier alpha value is -1.77. The van der Waals surface area contributed by atoms with Crippen molar-refractivity contribution in [2.24, 2.45) is 5.14 Å². The van der Waals surface area contributed by atoms with Crippen molar-refractivity contribution in [3.63, 3.8) is 0 Å². The molecule has 114 valence electrons. The fraction of sp³-hybridized carbons (Fsp3) is 0.385. The first-order valence-corrected chi connectivity index (χ1v) is 8.09. The first-order chi connectivity index (χ1) is 9.79. The Morgan fingerprint density at radius 2 is 1.90 bits per heavy atom. The lowest BCUT2D eigenvalue weighted by molar-refractivity contribution is -0.674. The van der Waals surface area contributed by atoms with Gasteiger partial charge < -0.3 is 5.32 Å². The van der Waals surface area contributed by atoms with E-state index in [9.17, 15) is 18.0 Å². The number of sulfonamides is 1. The molecule has 0 radical (unpaired) electrons. The Labute approximate surface area is 123 Å². The number of primary sulfonamides is 1. The number of rotatable bonds is 5. The van der Waals surface area contributed by atoms with Gasteiger partial charge in [0.25, 0.3) is 5.91 Å². The second-order valence-corrected chi connectivity index (χ2v) is 6.63. The van der Waals surface area contributed by atoms with Gasteiger partial charge in [-0.15, -0.1) is 0 Å². The second-order valence-electron chi connectivity index (χ2n) is 5.06. The molecule has 1 aliphatic heterocycles. The molecule has 4 N–H and O–H groups in total. The molecule has 0 bridgehead atoms. The highest BCUT2D eigenvalue weighted by molar-refractivity contribution is 7.89. The summed E-state index contributed by atoms with van der Waals surface area (Å²) < 4.78 is 22.3. The smallest absolute Gasteiger partial charge is 0.287 e. The van der Waals surface area contributed by atoms with Crippen molar-refractivity contribution in [1.82, 2.24) is 4.90 Å². The van der Waals surface area contributed by atoms with Gasteiger partial charge in [-0.05, 0) is 17.7 Å². The maximum absolute atomic E-state index is 11.7. The highest BCUT2D eigenvalue weighted by Crippen LogP contribution is 2.09. The van der Waals surface area contributed by atoms with Crippen LogP contribution in [-0.2, 0) is 26.0 Å². The van der Waals surface area contributed by atoms with Crippen molar-refractivity contribution in [2.75, 3.05) is 13.6 Å². The molecule has 1 aromatic rings. The third-order valence-corrected chi connectivity index (χ3v) is 4.48. The van der Waals surface area contributed by atoms with Crippen LogP contribution in [0.2, 0.25) is 0 Å². The number of benzene rings is 1. The number of likely N-dealkylation sites (tertiary alicyclic amines) is 1. The van der Waals surface area contributed by atoms with Gasteiger partial charge in [0.1, 0.15) is 0 Å². The molecular formula is C13H18N3O4S+. The van der Waals surface area contributed by atoms with E-state index in [0.717, 1.165) is 10.5 Å². The number of nitrogens with two attached hydrogens (primary N) is 2. The molecule has 1 fully saturated rings. The quantitative estimate of drug-likeness (QED) is 0.624. The summed E-state index contributed by atoms with van der Waals surface area (Å²) in [6.45, 7) is 0.645. The Bertz CT molecular complexity index is 654. The van der Waals surface area contributed by atoms with E-state index in [0.29, 0.717) is 13.0 Å². The number of imide groups is 1. The summed E-state index contributed by atoms with van der Waals surface area (Å²) in [5.41, 5.74) is 0.948. The number of carbonyl (C=O) groups is 2. The van der Waals surface area contributed by atoms with Crippen LogP contribution in [0.3, 0.4) is 0 Å². The van der Waals surface area contributed by atoms with Crippen molar-refractivity contribution < 1.29 is 23.3 Å². The zero-order chi connectivity index (χ0) is 15.6. The number of likely N-dealkylation sites (N-methyl/N-ethyl adjacent to an activating group) is 1. The first kappa shape index (κ1) is 15.6. The third kappa shape index (κ3) is 3.66. The van der Waals surface area contributed by atoms with Crippen LogP contribution in [0, 0.1) is 0 Å². The summed E-state index contributed by atoms with van der Waals surface area (Å²) in [6.07, 6.45) is 0.909. The molecule has 1 heterocycles. The van der Waals surface area contributed by atoms with E-state index in [4.69, 9.17) is 5.14 Å². The zero-order valence-corrected chi connectivity index (χ0v) is 12.5. The summed E-state index contributed by atoms with van der Waals surface area (Å²) in [7, 11) is -2.18. The van der Waals surface area contributed by atoms with Gasteiger partial charge in [-0.3, -0.25) is 14.5 Å². The highest BCUT2D eigenvalue weighted by Gasteiger charge is 2.38. The molecule has 1 atom stereocenters. The molecule has 2 rings (SSSR count). The van der Waals surface area contributed by atoms with E-state index in [1.807, 2.05) is 5.32 Å². The van der Waals surface area contributed by atoms with Gasteiger partial charge in [-0.2, -0.15) is 0 Å². The van der Waals surface area contributed by atoms with Crippen LogP contribution in [-0.4, -0.2) is 44.8 Å². The minimum absolute atomic E-state index is 0.0772. The Morgan fingerprint density at radius 1 is 1.29 bits per heavy atom. The molecule has 0 spiro atoms. The predicted octanol–water partition coefficient (Wildman–Crippen LogP) is -1.80. The van der Waals surface area contributed by atoms with Crippen molar-refractivity contribution in [1.29, 1.82) is 0 Å². The van der Waals surface area contributed by atoms with E-state index in [2.05, 4.69) is 0 Å². The molecule has 1 saturated heterocycles. The SMILES string of the molecule is CN1C(=O)C[C@@H]([NH2+]CCc2ccc(S(N)(=O)=O)cc2)C1=O. The summed E-state index contributed by atoms with van der Waals surface area (Å²) in [5, 5.41) is 6.87. The maximum atomic E-state index is 11.7. The highest BCUT2D eigenvalue weighted by atomic mass is 32.2. The Kier molecular flexibility index (Phi) is 4.40. The van der Waals surface area contributed by atoms with Crippen molar-refractivity contribution in [2.45, 2.75) is 23.8 Å². The topological polar surface area (TPSA) is 114 Å². The average Bonchev–Trinajstić information content (AvgIpc) is 2.66. The van der Waals surface area contributed by atoms with Crippen LogP contribution in [0.4, 0.5) is 0 Å². The number of hydrogen-bond acceptors (Lipinski definition) is 4. The first-order valence-electron chi connectivity index (χ1n) is 6.54. The fourth-order valence-corrected chi connectivity index (χ4v) is 2.78. The Morgan fingerprint density at radius 3 is 2.38 bits per heavy atom. The van der Waals surface area contributed by atoms with E-state index in [1.165, 1.54) is 19.2 Å². The van der Waals surface area contributed by atoms with Crippen LogP contribution >= 0.6 is 0 Å². The van der Waals surface area contributed by atoms with Crippen molar-refractivity contribution in [3.05, 3.63) is 29.8 Å². The van der Waals surface area contributed by atoms with Gasteiger partial charge >= 0.3 is 0 Å². The van der Waals surface area contributed by atoms with E-state index < -0.39 is 10.0 Å². The van der Waals surface area contributed by atoms with Crippen LogP contribution in [0.15, 0.2) is 29.2 Å². The second kappa shape index (κ2) is 5.92. The average molecular weight is 312 g/mol. The zero-order valence-electron chi connectivity index (χ0n) is 11.7. The van der Waals surface area contributed by atoms with Crippen molar-refractivity contribution in [3.8, 4) is 0 Å². The molecule has 8 heteroatoms. The standard InChI is InChI=1S/C13H17N3O4S/c1-16-12(17)8-11(13(16)18)15-7-6-9-2-4-10(5-3-9)21(14,19)20/h2-5,11,15H,6-8H2,1H3,(H2,14,19,20)/p+1/t11-/m1/s1. The third-order valence-electron chi connectivity index (χ3n) is 3.55. The van der Waals surface area contributed by atoms with Crippen molar-refractivity contribution >= 4 is 21.8 Å². The predicted molar refractivity (Wildman–Crippen MR) is 74.5 cm³/mol. The molecular weight excluding hydrogens is 294 g/mol. The maximum Gasteiger partial charge on any atom is 0.287 e. The lowest BCUT2D eigenvalue weighted by Crippen LogP contribution is -2.91. The minimum Gasteiger partial charge on any atom is -0.335 e. The number of carbonyl (C=O) groups excluding carboxylic acids is 2. The van der Waals surface area contributed by atoms with Gasteiger partial charge in [-0.1, -0.05) is 12.1 Å². The molecule has 1 aliphatic rings. The van der Waals surface area contributed by atoms with Gasteiger partial charge in [-0.25, -0.2) is 13.6 Å². The minimum atomic E-state index is -3.67. The van der Waals surface area contributed by atoms with Crippen LogP contribution in [0.5, 0.6) is 0 Å². The normalized spacial score (nSPS) is 19.3. The molecule has 0 aromatic heterocycles. The number of quaternary nitrogens is 1. The summed E-state index contributed by atoms with van der Waals surface area (Å²) in [5.74, 6) is -0.316. The number of nitrogens with zero attached hydrogens (tertiary/aromatic N) is 1. The van der Waals surface area contributed by atoms with E-state index in [-0.39, 0.29) is 29.2 Å². The lowest BCUT2D eigenvalue weighted by atomic mass is 10.1. The summed E-state index contributed by atoms with van der Waals surface area (Å²) in [6, 6.07) is 5.97.